The summed E-state index contributed by atoms with van der Waals surface area (Å²) >= 11 is 0. The molecule has 0 bridgehead atoms. The minimum Gasteiger partial charge on any atom is -0.313 e. The molecule has 1 aromatic rings. The van der Waals surface area contributed by atoms with Gasteiger partial charge in [-0.25, -0.2) is 8.78 Å². The summed E-state index contributed by atoms with van der Waals surface area (Å²) in [6.45, 7) is 3.98. The summed E-state index contributed by atoms with van der Waals surface area (Å²) in [5.41, 5.74) is 2.09. The highest BCUT2D eigenvalue weighted by molar-refractivity contribution is 5.54. The molecule has 0 atom stereocenters. The van der Waals surface area contributed by atoms with E-state index in [1.54, 1.807) is 6.07 Å². The molecule has 1 aliphatic carbocycles. The van der Waals surface area contributed by atoms with Crippen LogP contribution >= 0.6 is 0 Å². The normalized spacial score (nSPS) is 17.2. The lowest BCUT2D eigenvalue weighted by Crippen LogP contribution is -2.23. The van der Waals surface area contributed by atoms with Crippen LogP contribution in [0.5, 0.6) is 0 Å². The molecule has 0 radical (unpaired) electrons. The van der Waals surface area contributed by atoms with Crippen molar-refractivity contribution in [3.63, 3.8) is 0 Å². The maximum absolute atomic E-state index is 13.4. The van der Waals surface area contributed by atoms with Crippen molar-refractivity contribution in [1.82, 2.24) is 5.32 Å². The fourth-order valence-electron chi connectivity index (χ4n) is 3.01. The van der Waals surface area contributed by atoms with E-state index in [0.717, 1.165) is 25.1 Å². The molecular weight excluding hydrogens is 268 g/mol. The van der Waals surface area contributed by atoms with Crippen LogP contribution in [0.25, 0.3) is 6.08 Å². The van der Waals surface area contributed by atoms with Crippen molar-refractivity contribution in [3.8, 4) is 0 Å². The van der Waals surface area contributed by atoms with E-state index in [0.29, 0.717) is 5.92 Å². The smallest absolute Gasteiger partial charge is 0.159 e. The predicted molar refractivity (Wildman–Crippen MR) is 84.1 cm³/mol. The first-order valence-corrected chi connectivity index (χ1v) is 8.07. The molecule has 1 N–H and O–H groups in total. The third kappa shape index (κ3) is 4.92. The standard InChI is InChI=1S/C18H25F2N/c1-2-10-21-13-16(15-6-4-3-5-7-15)11-14-8-9-17(19)18(20)12-14/h8-9,11-12,15,21H,2-7,10,13H2,1H3/b16-11-. The zero-order chi connectivity index (χ0) is 15.1. The molecule has 3 heteroatoms. The van der Waals surface area contributed by atoms with Gasteiger partial charge in [-0.05, 0) is 49.4 Å². The van der Waals surface area contributed by atoms with E-state index < -0.39 is 11.6 Å². The largest absolute Gasteiger partial charge is 0.313 e. The van der Waals surface area contributed by atoms with Crippen LogP contribution in [0.4, 0.5) is 8.78 Å². The van der Waals surface area contributed by atoms with Crippen molar-refractivity contribution in [3.05, 3.63) is 41.0 Å². The molecule has 2 rings (SSSR count). The lowest BCUT2D eigenvalue weighted by atomic mass is 9.83. The lowest BCUT2D eigenvalue weighted by molar-refractivity contribution is 0.396. The van der Waals surface area contributed by atoms with Gasteiger partial charge in [-0.3, -0.25) is 0 Å². The van der Waals surface area contributed by atoms with Crippen LogP contribution in [0.2, 0.25) is 0 Å². The van der Waals surface area contributed by atoms with E-state index in [9.17, 15) is 8.78 Å². The second-order valence-electron chi connectivity index (χ2n) is 5.90. The third-order valence-electron chi connectivity index (χ3n) is 4.18. The van der Waals surface area contributed by atoms with Gasteiger partial charge in [0, 0.05) is 6.54 Å². The minimum absolute atomic E-state index is 0.580. The van der Waals surface area contributed by atoms with Crippen molar-refractivity contribution in [2.75, 3.05) is 13.1 Å². The van der Waals surface area contributed by atoms with Gasteiger partial charge in [0.1, 0.15) is 0 Å². The van der Waals surface area contributed by atoms with Crippen molar-refractivity contribution in [2.45, 2.75) is 45.4 Å². The molecule has 0 aliphatic heterocycles. The van der Waals surface area contributed by atoms with Gasteiger partial charge in [0.25, 0.3) is 0 Å². The van der Waals surface area contributed by atoms with Crippen LogP contribution in [0.3, 0.4) is 0 Å². The van der Waals surface area contributed by atoms with Crippen LogP contribution in [0, 0.1) is 17.6 Å². The van der Waals surface area contributed by atoms with E-state index >= 15 is 0 Å². The number of hydrogen-bond acceptors (Lipinski definition) is 1. The van der Waals surface area contributed by atoms with E-state index in [1.165, 1.54) is 49.8 Å². The highest BCUT2D eigenvalue weighted by Gasteiger charge is 2.17. The first-order valence-electron chi connectivity index (χ1n) is 8.07. The van der Waals surface area contributed by atoms with E-state index in [2.05, 4.69) is 12.2 Å². The Hall–Kier alpha value is -1.22. The predicted octanol–water partition coefficient (Wildman–Crippen LogP) is 4.93. The molecule has 21 heavy (non-hydrogen) atoms. The monoisotopic (exact) mass is 293 g/mol. The number of halogens is 2. The molecule has 0 amide bonds. The van der Waals surface area contributed by atoms with E-state index in [-0.39, 0.29) is 0 Å². The van der Waals surface area contributed by atoms with Crippen LogP contribution in [0.1, 0.15) is 51.0 Å². The molecule has 0 heterocycles. The van der Waals surface area contributed by atoms with E-state index in [4.69, 9.17) is 0 Å². The summed E-state index contributed by atoms with van der Waals surface area (Å²) in [7, 11) is 0. The van der Waals surface area contributed by atoms with Crippen molar-refractivity contribution < 1.29 is 8.78 Å². The van der Waals surface area contributed by atoms with Gasteiger partial charge in [-0.15, -0.1) is 0 Å². The Morgan fingerprint density at radius 1 is 1.19 bits per heavy atom. The summed E-state index contributed by atoms with van der Waals surface area (Å²) in [5, 5.41) is 3.44. The maximum atomic E-state index is 13.4. The highest BCUT2D eigenvalue weighted by atomic mass is 19.2. The Bertz CT molecular complexity index is 476. The fraction of sp³-hybridized carbons (Fsp3) is 0.556. The van der Waals surface area contributed by atoms with Crippen LogP contribution in [0.15, 0.2) is 23.8 Å². The van der Waals surface area contributed by atoms with Crippen LogP contribution in [-0.4, -0.2) is 13.1 Å². The minimum atomic E-state index is -0.782. The number of hydrogen-bond donors (Lipinski definition) is 1. The molecule has 0 saturated heterocycles. The highest BCUT2D eigenvalue weighted by Crippen LogP contribution is 2.30. The van der Waals surface area contributed by atoms with Gasteiger partial charge in [0.2, 0.25) is 0 Å². The third-order valence-corrected chi connectivity index (χ3v) is 4.18. The first-order chi connectivity index (χ1) is 10.2. The lowest BCUT2D eigenvalue weighted by Gasteiger charge is -2.25. The molecule has 0 unspecified atom stereocenters. The number of benzene rings is 1. The summed E-state index contributed by atoms with van der Waals surface area (Å²) in [4.78, 5) is 0. The summed E-state index contributed by atoms with van der Waals surface area (Å²) in [6, 6.07) is 4.15. The van der Waals surface area contributed by atoms with Gasteiger partial charge >= 0.3 is 0 Å². The average Bonchev–Trinajstić information content (AvgIpc) is 2.51. The molecule has 1 nitrogen and oxygen atoms in total. The van der Waals surface area contributed by atoms with Gasteiger partial charge in [-0.2, -0.15) is 0 Å². The second-order valence-corrected chi connectivity index (χ2v) is 5.90. The molecule has 1 fully saturated rings. The molecule has 116 valence electrons. The molecule has 0 aromatic heterocycles. The summed E-state index contributed by atoms with van der Waals surface area (Å²) in [5.74, 6) is -0.972. The topological polar surface area (TPSA) is 12.0 Å². The summed E-state index contributed by atoms with van der Waals surface area (Å²) in [6.07, 6.45) is 9.43. The first kappa shape index (κ1) is 16.2. The molecular formula is C18H25F2N. The Morgan fingerprint density at radius 2 is 1.95 bits per heavy atom. The Labute approximate surface area is 126 Å². The SMILES string of the molecule is CCCNC/C(=C/c1ccc(F)c(F)c1)C1CCCCC1. The molecule has 1 aromatic carbocycles. The van der Waals surface area contributed by atoms with Crippen LogP contribution < -0.4 is 5.32 Å². The van der Waals surface area contributed by atoms with Crippen molar-refractivity contribution >= 4 is 6.08 Å². The summed E-state index contributed by atoms with van der Waals surface area (Å²) < 4.78 is 26.4. The maximum Gasteiger partial charge on any atom is 0.159 e. The number of rotatable bonds is 6. The zero-order valence-corrected chi connectivity index (χ0v) is 12.8. The van der Waals surface area contributed by atoms with Gasteiger partial charge in [-0.1, -0.05) is 43.9 Å². The van der Waals surface area contributed by atoms with Gasteiger partial charge < -0.3 is 5.32 Å². The van der Waals surface area contributed by atoms with Crippen molar-refractivity contribution in [1.29, 1.82) is 0 Å². The molecule has 1 aliphatic rings. The average molecular weight is 293 g/mol. The number of nitrogens with one attached hydrogen (secondary N) is 1. The second kappa shape index (κ2) is 8.28. The zero-order valence-electron chi connectivity index (χ0n) is 12.8. The molecule has 0 spiro atoms. The Morgan fingerprint density at radius 3 is 2.62 bits per heavy atom. The quantitative estimate of drug-likeness (QED) is 0.733. The van der Waals surface area contributed by atoms with Crippen molar-refractivity contribution in [2.24, 2.45) is 5.92 Å². The molecule has 1 saturated carbocycles. The fourth-order valence-corrected chi connectivity index (χ4v) is 3.01. The van der Waals surface area contributed by atoms with E-state index in [1.807, 2.05) is 6.08 Å². The van der Waals surface area contributed by atoms with Crippen LogP contribution in [-0.2, 0) is 0 Å². The van der Waals surface area contributed by atoms with Gasteiger partial charge in [0.15, 0.2) is 11.6 Å². The van der Waals surface area contributed by atoms with Gasteiger partial charge in [0.05, 0.1) is 0 Å². The Balaban J connectivity index is 2.15. The Kier molecular flexibility index (Phi) is 6.37.